The summed E-state index contributed by atoms with van der Waals surface area (Å²) in [7, 11) is -5.81. The third-order valence-corrected chi connectivity index (χ3v) is 23.9. The lowest BCUT2D eigenvalue weighted by Gasteiger charge is -2.50. The van der Waals surface area contributed by atoms with Gasteiger partial charge in [-0.05, 0) is 77.0 Å². The molecular formula is C91H167O25P. The van der Waals surface area contributed by atoms with Crippen LogP contribution in [0.3, 0.4) is 0 Å². The normalized spacial score (nSPS) is 25.1. The van der Waals surface area contributed by atoms with E-state index in [9.17, 15) is 74.6 Å². The maximum Gasteiger partial charge on any atom is 0.472 e. The van der Waals surface area contributed by atoms with Crippen LogP contribution in [0.15, 0.2) is 24.3 Å². The van der Waals surface area contributed by atoms with Crippen molar-refractivity contribution >= 4 is 31.7 Å². The van der Waals surface area contributed by atoms with Crippen molar-refractivity contribution in [2.75, 3.05) is 26.4 Å². The Kier molecular flexibility index (Phi) is 64.9. The fourth-order valence-electron chi connectivity index (χ4n) is 15.4. The number of aliphatic hydroxyl groups is 9. The average Bonchev–Trinajstić information content (AvgIpc) is 0.754. The van der Waals surface area contributed by atoms with Gasteiger partial charge in [-0.1, -0.05) is 322 Å². The van der Waals surface area contributed by atoms with Crippen LogP contribution in [0, 0.1) is 0 Å². The summed E-state index contributed by atoms with van der Waals surface area (Å²) in [5.41, 5.74) is 0. The van der Waals surface area contributed by atoms with Gasteiger partial charge in [0.25, 0.3) is 0 Å². The number of aliphatic hydroxyl groups excluding tert-OH is 9. The first-order chi connectivity index (χ1) is 56.7. The standard InChI is InChI=1S/C91H167O25P/c1-5-9-13-17-21-25-29-33-35-37-41-45-49-53-57-61-65-76(95)110-71(68-107-74(93)63-59-55-51-47-43-39-31-27-23-19-15-11-7-3)69-109-117(105,106)116-89-87(114-90-84(103)80(99)78(97)72(67-92)111-90)83(102)82(101)86(113-77(96)66-62-58-54-50-46-42-38-36-34-30-26-22-18-14-10-6-2)88(89)115-91-85(104)81(100)79(98)73(112-91)70-108-75(94)64-60-56-52-48-44-40-32-28-24-20-16-12-8-4/h39-40,43-44,71-73,78-92,97-104H,5-38,41-42,45-70H2,1-4H3,(H,105,106)/b43-39-,44-40-. The van der Waals surface area contributed by atoms with Crippen molar-refractivity contribution in [1.29, 1.82) is 0 Å². The van der Waals surface area contributed by atoms with Crippen molar-refractivity contribution in [3.8, 4) is 0 Å². The lowest BCUT2D eigenvalue weighted by molar-refractivity contribution is -0.360. The lowest BCUT2D eigenvalue weighted by atomic mass is 9.84. The minimum Gasteiger partial charge on any atom is -0.463 e. The molecule has 3 aliphatic rings. The van der Waals surface area contributed by atoms with Crippen molar-refractivity contribution in [2.24, 2.45) is 0 Å². The summed E-state index contributed by atoms with van der Waals surface area (Å²) in [6.45, 7) is 5.57. The van der Waals surface area contributed by atoms with Crippen molar-refractivity contribution < 1.29 is 122 Å². The van der Waals surface area contributed by atoms with Crippen LogP contribution in [-0.4, -0.2) is 205 Å². The average molecular weight is 1690 g/mol. The molecule has 18 atom stereocenters. The number of hydrogen-bond donors (Lipinski definition) is 10. The molecule has 0 aromatic heterocycles. The zero-order valence-electron chi connectivity index (χ0n) is 73.0. The molecule has 0 amide bonds. The van der Waals surface area contributed by atoms with E-state index in [0.29, 0.717) is 38.5 Å². The molecule has 18 unspecified atom stereocenters. The Labute approximate surface area is 704 Å². The first-order valence-electron chi connectivity index (χ1n) is 47.1. The molecule has 117 heavy (non-hydrogen) atoms. The molecule has 2 saturated heterocycles. The number of carbonyl (C=O) groups excluding carboxylic acids is 4. The van der Waals surface area contributed by atoms with Crippen LogP contribution in [0.25, 0.3) is 0 Å². The quantitative estimate of drug-likeness (QED) is 0.00889. The first kappa shape index (κ1) is 108. The molecule has 25 nitrogen and oxygen atoms in total. The number of allylic oxidation sites excluding steroid dienone is 4. The minimum atomic E-state index is -5.81. The Hall–Kier alpha value is -3.05. The molecule has 3 rings (SSSR count). The predicted molar refractivity (Wildman–Crippen MR) is 453 cm³/mol. The van der Waals surface area contributed by atoms with E-state index in [0.717, 1.165) is 122 Å². The van der Waals surface area contributed by atoms with Crippen molar-refractivity contribution in [3.05, 3.63) is 24.3 Å². The molecule has 1 saturated carbocycles. The number of hydrogen-bond acceptors (Lipinski definition) is 24. The van der Waals surface area contributed by atoms with Crippen molar-refractivity contribution in [1.82, 2.24) is 0 Å². The Morgan fingerprint density at radius 3 is 1.03 bits per heavy atom. The smallest absolute Gasteiger partial charge is 0.463 e. The number of phosphoric ester groups is 1. The van der Waals surface area contributed by atoms with Gasteiger partial charge in [0, 0.05) is 25.7 Å². The van der Waals surface area contributed by atoms with E-state index in [4.69, 9.17) is 46.9 Å². The second-order valence-electron chi connectivity index (χ2n) is 33.5. The summed E-state index contributed by atoms with van der Waals surface area (Å²) < 4.78 is 73.4. The van der Waals surface area contributed by atoms with E-state index in [1.165, 1.54) is 186 Å². The van der Waals surface area contributed by atoms with Crippen LogP contribution in [-0.2, 0) is 70.7 Å². The van der Waals surface area contributed by atoms with E-state index in [1.807, 2.05) is 0 Å². The number of esters is 4. The van der Waals surface area contributed by atoms with Gasteiger partial charge in [-0.15, -0.1) is 0 Å². The van der Waals surface area contributed by atoms with Gasteiger partial charge < -0.3 is 88.7 Å². The molecule has 3 fully saturated rings. The van der Waals surface area contributed by atoms with E-state index >= 15 is 0 Å². The molecule has 1 aliphatic carbocycles. The summed E-state index contributed by atoms with van der Waals surface area (Å²) in [5.74, 6) is -2.99. The van der Waals surface area contributed by atoms with E-state index in [-0.39, 0.29) is 25.7 Å². The molecule has 0 bridgehead atoms. The molecule has 2 heterocycles. The molecule has 686 valence electrons. The zero-order chi connectivity index (χ0) is 85.4. The number of phosphoric acid groups is 1. The summed E-state index contributed by atoms with van der Waals surface area (Å²) in [5, 5.41) is 102. The maximum atomic E-state index is 14.9. The SMILES string of the molecule is CCCCCCCC/C=C\CCCCCC(=O)OCC(COP(=O)(O)OC1C(OC2OC(CO)C(O)C(O)C2O)C(O)C(O)C(OC(=O)CCCCCCCCCCCCCCCCCC)C1OC1OC(COC(=O)CCCCC/C=C\CCCCCCCC)C(O)C(O)C1O)OC(=O)CCCCCCCCCCCCCCCCCC. The molecule has 2 aliphatic heterocycles. The Balaban J connectivity index is 1.92. The minimum absolute atomic E-state index is 0.00587. The second kappa shape index (κ2) is 70.3. The van der Waals surface area contributed by atoms with Gasteiger partial charge in [0.05, 0.1) is 13.2 Å². The van der Waals surface area contributed by atoms with Crippen molar-refractivity contribution in [2.45, 2.75) is 504 Å². The molecule has 26 heteroatoms. The van der Waals surface area contributed by atoms with Crippen molar-refractivity contribution in [3.63, 3.8) is 0 Å². The largest absolute Gasteiger partial charge is 0.472 e. The molecule has 10 N–H and O–H groups in total. The number of rotatable bonds is 76. The number of unbranched alkanes of at least 4 members (excludes halogenated alkanes) is 48. The summed E-state index contributed by atoms with van der Waals surface area (Å²) in [4.78, 5) is 66.4. The third kappa shape index (κ3) is 50.5. The highest BCUT2D eigenvalue weighted by molar-refractivity contribution is 7.47. The Bertz CT molecular complexity index is 2530. The third-order valence-electron chi connectivity index (χ3n) is 22.9. The summed E-state index contributed by atoms with van der Waals surface area (Å²) >= 11 is 0. The highest BCUT2D eigenvalue weighted by Gasteiger charge is 2.60. The number of ether oxygens (including phenoxy) is 8. The van der Waals surface area contributed by atoms with Crippen LogP contribution >= 0.6 is 7.82 Å². The summed E-state index contributed by atoms with van der Waals surface area (Å²) in [6.07, 6.45) is 30.3. The fraction of sp³-hybridized carbons (Fsp3) is 0.912. The van der Waals surface area contributed by atoms with Crippen LogP contribution in [0.5, 0.6) is 0 Å². The Morgan fingerprint density at radius 2 is 0.641 bits per heavy atom. The molecule has 0 spiro atoms. The van der Waals surface area contributed by atoms with E-state index in [1.54, 1.807) is 0 Å². The van der Waals surface area contributed by atoms with E-state index in [2.05, 4.69) is 52.0 Å². The highest BCUT2D eigenvalue weighted by Crippen LogP contribution is 2.49. The predicted octanol–water partition coefficient (Wildman–Crippen LogP) is 17.3. The fourth-order valence-corrected chi connectivity index (χ4v) is 16.4. The van der Waals surface area contributed by atoms with E-state index < -0.39 is 162 Å². The first-order valence-corrected chi connectivity index (χ1v) is 48.6. The molecular weight excluding hydrogens is 1520 g/mol. The van der Waals surface area contributed by atoms with Gasteiger partial charge in [-0.2, -0.15) is 0 Å². The van der Waals surface area contributed by atoms with Gasteiger partial charge >= 0.3 is 31.7 Å². The van der Waals surface area contributed by atoms with Gasteiger partial charge in [0.2, 0.25) is 0 Å². The monoisotopic (exact) mass is 1690 g/mol. The molecule has 0 aromatic carbocycles. The topological polar surface area (TPSA) is 380 Å². The van der Waals surface area contributed by atoms with Gasteiger partial charge in [-0.25, -0.2) is 4.57 Å². The maximum absolute atomic E-state index is 14.9. The van der Waals surface area contributed by atoms with Crippen LogP contribution in [0.2, 0.25) is 0 Å². The lowest BCUT2D eigenvalue weighted by Crippen LogP contribution is -2.70. The zero-order valence-corrected chi connectivity index (χ0v) is 73.9. The van der Waals surface area contributed by atoms with Gasteiger partial charge in [-0.3, -0.25) is 28.2 Å². The Morgan fingerprint density at radius 1 is 0.333 bits per heavy atom. The highest BCUT2D eigenvalue weighted by atomic mass is 31.2. The van der Waals surface area contributed by atoms with Crippen LogP contribution in [0.1, 0.15) is 400 Å². The molecule has 0 radical (unpaired) electrons. The van der Waals surface area contributed by atoms with Crippen LogP contribution < -0.4 is 0 Å². The van der Waals surface area contributed by atoms with Gasteiger partial charge in [0.15, 0.2) is 24.8 Å². The van der Waals surface area contributed by atoms with Crippen LogP contribution in [0.4, 0.5) is 0 Å². The van der Waals surface area contributed by atoms with Gasteiger partial charge in [0.1, 0.15) is 92.6 Å². The molecule has 0 aromatic rings. The second-order valence-corrected chi connectivity index (χ2v) is 34.9. The number of carbonyl (C=O) groups is 4. The summed E-state index contributed by atoms with van der Waals surface area (Å²) in [6, 6.07) is 0.